The van der Waals surface area contributed by atoms with Gasteiger partial charge in [-0.3, -0.25) is 5.10 Å². The van der Waals surface area contributed by atoms with Crippen LogP contribution in [-0.4, -0.2) is 21.4 Å². The first-order chi connectivity index (χ1) is 9.35. The molecule has 0 saturated heterocycles. The van der Waals surface area contributed by atoms with Gasteiger partial charge in [-0.15, -0.1) is 0 Å². The molecule has 0 aliphatic heterocycles. The van der Waals surface area contributed by atoms with E-state index in [1.165, 1.54) is 12.4 Å². The van der Waals surface area contributed by atoms with Crippen molar-refractivity contribution in [1.29, 1.82) is 0 Å². The third-order valence-electron chi connectivity index (χ3n) is 2.73. The molecular weight excluding hydrogens is 314 g/mol. The molecule has 1 N–H and O–H groups in total. The fourth-order valence-electron chi connectivity index (χ4n) is 1.82. The van der Waals surface area contributed by atoms with Crippen LogP contribution < -0.4 is 0 Å². The van der Waals surface area contributed by atoms with Crippen LogP contribution in [0, 0.1) is 0 Å². The quantitative estimate of drug-likeness (QED) is 0.864. The Bertz CT molecular complexity index is 596. The van der Waals surface area contributed by atoms with Crippen LogP contribution in [0.25, 0.3) is 0 Å². The largest absolute Gasteiger partial charge is 0.394 e. The lowest BCUT2D eigenvalue weighted by Gasteiger charge is -2.07. The van der Waals surface area contributed by atoms with Crippen molar-refractivity contribution < 1.29 is 13.2 Å². The monoisotopic (exact) mass is 323 g/mol. The molecule has 0 spiro atoms. The molecule has 0 fully saturated rings. The highest BCUT2D eigenvalue weighted by Gasteiger charge is 2.29. The van der Waals surface area contributed by atoms with Crippen LogP contribution in [0.3, 0.4) is 0 Å². The van der Waals surface area contributed by atoms with Crippen LogP contribution in [-0.2, 0) is 19.3 Å². The third-order valence-corrected chi connectivity index (χ3v) is 3.27. The molecule has 3 nitrogen and oxygen atoms in total. The summed E-state index contributed by atoms with van der Waals surface area (Å²) in [6, 6.07) is 1.65. The van der Waals surface area contributed by atoms with E-state index in [1.54, 1.807) is 6.07 Å². The molecule has 0 aromatic carbocycles. The first-order valence-corrected chi connectivity index (χ1v) is 6.48. The number of nitrogens with one attached hydrogen (secondary N) is 1. The summed E-state index contributed by atoms with van der Waals surface area (Å²) in [5, 5.41) is 6.78. The smallest absolute Gasteiger partial charge is 0.282 e. The van der Waals surface area contributed by atoms with Crippen LogP contribution in [0.5, 0.6) is 0 Å². The maximum Gasteiger partial charge on any atom is 0.394 e. The van der Waals surface area contributed by atoms with Gasteiger partial charge in [0.1, 0.15) is 5.15 Å². The standard InChI is InChI=1S/C12H10Cl2F3N3/c13-9-3-7(11(14)18-6-9)1-2-8-5-19-20-10(8)4-12(15,16)17/h3,5-6H,1-2,4H2,(H,19,20). The number of H-pyrrole nitrogens is 1. The minimum Gasteiger partial charge on any atom is -0.282 e. The Hall–Kier alpha value is -1.27. The van der Waals surface area contributed by atoms with Gasteiger partial charge in [-0.2, -0.15) is 18.3 Å². The highest BCUT2D eigenvalue weighted by Crippen LogP contribution is 2.24. The first-order valence-electron chi connectivity index (χ1n) is 5.73. The predicted molar refractivity (Wildman–Crippen MR) is 70.0 cm³/mol. The average molecular weight is 324 g/mol. The van der Waals surface area contributed by atoms with Gasteiger partial charge in [0.25, 0.3) is 0 Å². The fraction of sp³-hybridized carbons (Fsp3) is 0.333. The van der Waals surface area contributed by atoms with Gasteiger partial charge in [0.05, 0.1) is 17.6 Å². The normalized spacial score (nSPS) is 11.8. The molecule has 108 valence electrons. The van der Waals surface area contributed by atoms with E-state index < -0.39 is 12.6 Å². The Balaban J connectivity index is 2.08. The van der Waals surface area contributed by atoms with Gasteiger partial charge in [0.15, 0.2) is 0 Å². The van der Waals surface area contributed by atoms with Gasteiger partial charge in [0, 0.05) is 11.9 Å². The first kappa shape index (κ1) is 15.1. The number of halogens is 5. The van der Waals surface area contributed by atoms with Gasteiger partial charge >= 0.3 is 6.18 Å². The molecule has 0 amide bonds. The summed E-state index contributed by atoms with van der Waals surface area (Å²) in [6.07, 6.45) is -1.66. The molecule has 2 heterocycles. The molecule has 8 heteroatoms. The number of hydrogen-bond acceptors (Lipinski definition) is 2. The number of pyridine rings is 1. The summed E-state index contributed by atoms with van der Waals surface area (Å²) in [4.78, 5) is 3.89. The van der Waals surface area contributed by atoms with E-state index in [0.29, 0.717) is 34.1 Å². The Morgan fingerprint density at radius 3 is 2.50 bits per heavy atom. The number of aromatic amines is 1. The van der Waals surface area contributed by atoms with Gasteiger partial charge in [0.2, 0.25) is 0 Å². The maximum atomic E-state index is 12.4. The minimum absolute atomic E-state index is 0.0728. The van der Waals surface area contributed by atoms with Crippen molar-refractivity contribution in [3.05, 3.63) is 45.5 Å². The molecule has 0 aliphatic carbocycles. The Labute approximate surface area is 123 Å². The van der Waals surface area contributed by atoms with Crippen molar-refractivity contribution in [2.75, 3.05) is 0 Å². The average Bonchev–Trinajstić information content (AvgIpc) is 2.75. The minimum atomic E-state index is -4.27. The number of aromatic nitrogens is 3. The summed E-state index contributed by atoms with van der Waals surface area (Å²) in [5.41, 5.74) is 1.28. The van der Waals surface area contributed by atoms with Crippen LogP contribution in [0.4, 0.5) is 13.2 Å². The van der Waals surface area contributed by atoms with Gasteiger partial charge < -0.3 is 0 Å². The summed E-state index contributed by atoms with van der Waals surface area (Å²) < 4.78 is 37.1. The van der Waals surface area contributed by atoms with Gasteiger partial charge in [-0.05, 0) is 30.0 Å². The van der Waals surface area contributed by atoms with Crippen molar-refractivity contribution in [3.8, 4) is 0 Å². The van der Waals surface area contributed by atoms with Crippen molar-refractivity contribution in [2.24, 2.45) is 0 Å². The summed E-state index contributed by atoms with van der Waals surface area (Å²) >= 11 is 11.7. The Morgan fingerprint density at radius 1 is 1.10 bits per heavy atom. The highest BCUT2D eigenvalue weighted by atomic mass is 35.5. The lowest BCUT2D eigenvalue weighted by molar-refractivity contribution is -0.127. The van der Waals surface area contributed by atoms with Crippen molar-refractivity contribution in [1.82, 2.24) is 15.2 Å². The highest BCUT2D eigenvalue weighted by molar-refractivity contribution is 6.32. The Kier molecular flexibility index (Phi) is 4.55. The van der Waals surface area contributed by atoms with Crippen LogP contribution >= 0.6 is 23.2 Å². The van der Waals surface area contributed by atoms with Crippen molar-refractivity contribution in [3.63, 3.8) is 0 Å². The second kappa shape index (κ2) is 6.01. The molecule has 0 radical (unpaired) electrons. The van der Waals surface area contributed by atoms with Crippen LogP contribution in [0.15, 0.2) is 18.5 Å². The lowest BCUT2D eigenvalue weighted by atomic mass is 10.1. The van der Waals surface area contributed by atoms with E-state index in [-0.39, 0.29) is 5.69 Å². The molecule has 0 saturated carbocycles. The summed E-state index contributed by atoms with van der Waals surface area (Å²) in [6.45, 7) is 0. The topological polar surface area (TPSA) is 41.6 Å². The number of alkyl halides is 3. The second-order valence-electron chi connectivity index (χ2n) is 4.27. The molecular formula is C12H10Cl2F3N3. The van der Waals surface area contributed by atoms with Gasteiger partial charge in [-0.1, -0.05) is 23.2 Å². The van der Waals surface area contributed by atoms with Crippen molar-refractivity contribution >= 4 is 23.2 Å². The van der Waals surface area contributed by atoms with E-state index in [2.05, 4.69) is 15.2 Å². The van der Waals surface area contributed by atoms with Crippen molar-refractivity contribution in [2.45, 2.75) is 25.4 Å². The molecule has 0 atom stereocenters. The molecule has 20 heavy (non-hydrogen) atoms. The zero-order valence-electron chi connectivity index (χ0n) is 10.1. The van der Waals surface area contributed by atoms with E-state index in [9.17, 15) is 13.2 Å². The predicted octanol–water partition coefficient (Wildman–Crippen LogP) is 4.00. The third kappa shape index (κ3) is 4.11. The fourth-order valence-corrected chi connectivity index (χ4v) is 2.19. The number of aryl methyl sites for hydroxylation is 2. The number of hydrogen-bond donors (Lipinski definition) is 1. The maximum absolute atomic E-state index is 12.4. The molecule has 0 aliphatic rings. The molecule has 0 unspecified atom stereocenters. The Morgan fingerprint density at radius 2 is 1.80 bits per heavy atom. The molecule has 0 bridgehead atoms. The number of nitrogens with zero attached hydrogens (tertiary/aromatic N) is 2. The molecule has 2 rings (SSSR count). The van der Waals surface area contributed by atoms with Gasteiger partial charge in [-0.25, -0.2) is 4.98 Å². The zero-order valence-corrected chi connectivity index (χ0v) is 11.6. The van der Waals surface area contributed by atoms with E-state index in [4.69, 9.17) is 23.2 Å². The number of rotatable bonds is 4. The van der Waals surface area contributed by atoms with E-state index in [0.717, 1.165) is 0 Å². The summed E-state index contributed by atoms with van der Waals surface area (Å²) in [5.74, 6) is 0. The second-order valence-corrected chi connectivity index (χ2v) is 5.06. The molecule has 2 aromatic heterocycles. The van der Waals surface area contributed by atoms with Crippen LogP contribution in [0.1, 0.15) is 16.8 Å². The SMILES string of the molecule is FC(F)(F)Cc1[nH]ncc1CCc1cc(Cl)cnc1Cl. The van der Waals surface area contributed by atoms with E-state index in [1.807, 2.05) is 0 Å². The lowest BCUT2D eigenvalue weighted by Crippen LogP contribution is -2.13. The van der Waals surface area contributed by atoms with E-state index >= 15 is 0 Å². The van der Waals surface area contributed by atoms with Crippen LogP contribution in [0.2, 0.25) is 10.2 Å². The summed E-state index contributed by atoms with van der Waals surface area (Å²) in [7, 11) is 0. The molecule has 2 aromatic rings. The zero-order chi connectivity index (χ0) is 14.8.